The summed E-state index contributed by atoms with van der Waals surface area (Å²) in [5, 5.41) is 8.90. The molecule has 1 fully saturated rings. The molecule has 4 nitrogen and oxygen atoms in total. The van der Waals surface area contributed by atoms with Gasteiger partial charge in [0.15, 0.2) is 0 Å². The van der Waals surface area contributed by atoms with Crippen LogP contribution < -0.4 is 5.73 Å². The molecule has 0 spiro atoms. The van der Waals surface area contributed by atoms with E-state index >= 15 is 0 Å². The molecular weight excluding hydrogens is 182 g/mol. The second-order valence-electron chi connectivity index (χ2n) is 3.64. The molecule has 0 aliphatic heterocycles. The molecular formula is C10H15NO3. The molecule has 0 radical (unpaired) electrons. The van der Waals surface area contributed by atoms with E-state index < -0.39 is 11.9 Å². The SMILES string of the molecule is NC(=O)C=C(C(=O)O)C1CCCCC1. The number of carbonyl (C=O) groups is 2. The van der Waals surface area contributed by atoms with Gasteiger partial charge in [-0.3, -0.25) is 4.79 Å². The third-order valence-electron chi connectivity index (χ3n) is 2.59. The van der Waals surface area contributed by atoms with Crippen molar-refractivity contribution in [3.05, 3.63) is 11.6 Å². The number of nitrogens with two attached hydrogens (primary N) is 1. The lowest BCUT2D eigenvalue weighted by Crippen LogP contribution is -2.19. The summed E-state index contributed by atoms with van der Waals surface area (Å²) in [7, 11) is 0. The number of aliphatic carboxylic acids is 1. The fraction of sp³-hybridized carbons (Fsp3) is 0.600. The summed E-state index contributed by atoms with van der Waals surface area (Å²) in [6.07, 6.45) is 5.98. The molecule has 78 valence electrons. The van der Waals surface area contributed by atoms with E-state index in [0.717, 1.165) is 38.2 Å². The quantitative estimate of drug-likeness (QED) is 0.664. The molecule has 0 aromatic heterocycles. The van der Waals surface area contributed by atoms with Gasteiger partial charge < -0.3 is 10.8 Å². The summed E-state index contributed by atoms with van der Waals surface area (Å²) in [6, 6.07) is 0. The Hall–Kier alpha value is -1.32. The molecule has 0 saturated heterocycles. The first-order valence-electron chi connectivity index (χ1n) is 4.85. The van der Waals surface area contributed by atoms with Gasteiger partial charge in [-0.15, -0.1) is 0 Å². The van der Waals surface area contributed by atoms with Gasteiger partial charge >= 0.3 is 5.97 Å². The Morgan fingerprint density at radius 3 is 2.21 bits per heavy atom. The van der Waals surface area contributed by atoms with Crippen LogP contribution in [-0.4, -0.2) is 17.0 Å². The largest absolute Gasteiger partial charge is 0.478 e. The molecule has 1 saturated carbocycles. The molecule has 0 unspecified atom stereocenters. The number of primary amides is 1. The minimum atomic E-state index is -1.02. The zero-order valence-corrected chi connectivity index (χ0v) is 8.03. The topological polar surface area (TPSA) is 80.4 Å². The van der Waals surface area contributed by atoms with E-state index in [1.54, 1.807) is 0 Å². The van der Waals surface area contributed by atoms with E-state index in [1.807, 2.05) is 0 Å². The maximum atomic E-state index is 10.9. The first-order chi connectivity index (χ1) is 6.61. The smallest absolute Gasteiger partial charge is 0.332 e. The van der Waals surface area contributed by atoms with Crippen LogP contribution in [0.15, 0.2) is 11.6 Å². The van der Waals surface area contributed by atoms with Crippen molar-refractivity contribution in [3.63, 3.8) is 0 Å². The monoisotopic (exact) mass is 197 g/mol. The first-order valence-corrected chi connectivity index (χ1v) is 4.85. The Morgan fingerprint density at radius 1 is 1.21 bits per heavy atom. The highest BCUT2D eigenvalue weighted by molar-refractivity contribution is 5.97. The van der Waals surface area contributed by atoms with Crippen molar-refractivity contribution in [1.82, 2.24) is 0 Å². The Labute approximate surface area is 82.8 Å². The van der Waals surface area contributed by atoms with E-state index in [1.165, 1.54) is 0 Å². The predicted molar refractivity (Wildman–Crippen MR) is 51.5 cm³/mol. The Bertz CT molecular complexity index is 265. The van der Waals surface area contributed by atoms with Crippen LogP contribution in [0, 0.1) is 5.92 Å². The van der Waals surface area contributed by atoms with Crippen LogP contribution in [0.25, 0.3) is 0 Å². The van der Waals surface area contributed by atoms with Crippen molar-refractivity contribution in [2.24, 2.45) is 11.7 Å². The molecule has 1 rings (SSSR count). The predicted octanol–water partition coefficient (Wildman–Crippen LogP) is 1.06. The average molecular weight is 197 g/mol. The number of amides is 1. The number of hydrogen-bond acceptors (Lipinski definition) is 2. The fourth-order valence-corrected chi connectivity index (χ4v) is 1.92. The second-order valence-corrected chi connectivity index (χ2v) is 3.64. The molecule has 1 aliphatic carbocycles. The summed E-state index contributed by atoms with van der Waals surface area (Å²) in [4.78, 5) is 21.5. The minimum absolute atomic E-state index is 0.00810. The summed E-state index contributed by atoms with van der Waals surface area (Å²) < 4.78 is 0. The standard InChI is InChI=1S/C10H15NO3/c11-9(12)6-8(10(13)14)7-4-2-1-3-5-7/h6-7H,1-5H2,(H2,11,12)(H,13,14). The third-order valence-corrected chi connectivity index (χ3v) is 2.59. The Morgan fingerprint density at radius 2 is 1.79 bits per heavy atom. The van der Waals surface area contributed by atoms with Gasteiger partial charge in [-0.1, -0.05) is 19.3 Å². The number of carbonyl (C=O) groups excluding carboxylic acids is 1. The summed E-state index contributed by atoms with van der Waals surface area (Å²) in [5.74, 6) is -1.68. The molecule has 0 aromatic rings. The number of carboxylic acid groups (broad SMARTS) is 1. The van der Waals surface area contributed by atoms with Crippen LogP contribution in [0.2, 0.25) is 0 Å². The summed E-state index contributed by atoms with van der Waals surface area (Å²) in [6.45, 7) is 0. The summed E-state index contributed by atoms with van der Waals surface area (Å²) in [5.41, 5.74) is 5.14. The van der Waals surface area contributed by atoms with Crippen molar-refractivity contribution in [2.75, 3.05) is 0 Å². The average Bonchev–Trinajstić information content (AvgIpc) is 2.15. The molecule has 1 aliphatic rings. The maximum Gasteiger partial charge on any atom is 0.332 e. The van der Waals surface area contributed by atoms with Gasteiger partial charge in [0.05, 0.1) is 0 Å². The molecule has 3 N–H and O–H groups in total. The zero-order chi connectivity index (χ0) is 10.6. The van der Waals surface area contributed by atoms with E-state index in [0.29, 0.717) is 0 Å². The number of rotatable bonds is 3. The molecule has 4 heteroatoms. The molecule has 1 amide bonds. The van der Waals surface area contributed by atoms with Gasteiger partial charge in [0, 0.05) is 11.6 Å². The molecule has 0 bridgehead atoms. The van der Waals surface area contributed by atoms with Gasteiger partial charge in [-0.05, 0) is 18.8 Å². The van der Waals surface area contributed by atoms with Crippen LogP contribution in [0.3, 0.4) is 0 Å². The number of carboxylic acids is 1. The normalized spacial score (nSPS) is 19.3. The van der Waals surface area contributed by atoms with Gasteiger partial charge in [-0.25, -0.2) is 4.79 Å². The van der Waals surface area contributed by atoms with E-state index in [9.17, 15) is 9.59 Å². The Balaban J connectivity index is 2.76. The van der Waals surface area contributed by atoms with Gasteiger partial charge in [0.25, 0.3) is 0 Å². The van der Waals surface area contributed by atoms with Gasteiger partial charge in [0.1, 0.15) is 0 Å². The van der Waals surface area contributed by atoms with E-state index in [2.05, 4.69) is 0 Å². The highest BCUT2D eigenvalue weighted by Gasteiger charge is 2.23. The lowest BCUT2D eigenvalue weighted by atomic mass is 9.83. The van der Waals surface area contributed by atoms with E-state index in [-0.39, 0.29) is 11.5 Å². The van der Waals surface area contributed by atoms with Crippen LogP contribution in [0.5, 0.6) is 0 Å². The molecule has 0 heterocycles. The van der Waals surface area contributed by atoms with Crippen LogP contribution in [-0.2, 0) is 9.59 Å². The highest BCUT2D eigenvalue weighted by Crippen LogP contribution is 2.29. The van der Waals surface area contributed by atoms with Crippen molar-refractivity contribution in [1.29, 1.82) is 0 Å². The third kappa shape index (κ3) is 2.87. The minimum Gasteiger partial charge on any atom is -0.478 e. The van der Waals surface area contributed by atoms with Crippen molar-refractivity contribution >= 4 is 11.9 Å². The Kier molecular flexibility index (Phi) is 3.68. The maximum absolute atomic E-state index is 10.9. The molecule has 14 heavy (non-hydrogen) atoms. The van der Waals surface area contributed by atoms with Crippen molar-refractivity contribution in [3.8, 4) is 0 Å². The van der Waals surface area contributed by atoms with Crippen molar-refractivity contribution < 1.29 is 14.7 Å². The first kappa shape index (κ1) is 10.8. The van der Waals surface area contributed by atoms with Crippen LogP contribution in [0.4, 0.5) is 0 Å². The van der Waals surface area contributed by atoms with Gasteiger partial charge in [-0.2, -0.15) is 0 Å². The van der Waals surface area contributed by atoms with Gasteiger partial charge in [0.2, 0.25) is 5.91 Å². The number of hydrogen-bond donors (Lipinski definition) is 2. The van der Waals surface area contributed by atoms with E-state index in [4.69, 9.17) is 10.8 Å². The molecule has 0 aromatic carbocycles. The fourth-order valence-electron chi connectivity index (χ4n) is 1.92. The summed E-state index contributed by atoms with van der Waals surface area (Å²) >= 11 is 0. The molecule has 0 atom stereocenters. The zero-order valence-electron chi connectivity index (χ0n) is 8.03. The lowest BCUT2D eigenvalue weighted by Gasteiger charge is -2.21. The van der Waals surface area contributed by atoms with Crippen LogP contribution >= 0.6 is 0 Å². The lowest BCUT2D eigenvalue weighted by molar-refractivity contribution is -0.133. The second kappa shape index (κ2) is 4.79. The van der Waals surface area contributed by atoms with Crippen LogP contribution in [0.1, 0.15) is 32.1 Å². The highest BCUT2D eigenvalue weighted by atomic mass is 16.4. The van der Waals surface area contributed by atoms with Crippen molar-refractivity contribution in [2.45, 2.75) is 32.1 Å².